The third kappa shape index (κ3) is 4.05. The topological polar surface area (TPSA) is 42.7 Å². The lowest BCUT2D eigenvalue weighted by Crippen LogP contribution is -2.22. The summed E-state index contributed by atoms with van der Waals surface area (Å²) in [4.78, 5) is 4.42. The molecule has 1 unspecified atom stereocenters. The van der Waals surface area contributed by atoms with Crippen molar-refractivity contribution in [1.29, 1.82) is 0 Å². The summed E-state index contributed by atoms with van der Waals surface area (Å²) >= 11 is 6.04. The summed E-state index contributed by atoms with van der Waals surface area (Å²) in [6, 6.07) is 6.23. The van der Waals surface area contributed by atoms with Gasteiger partial charge >= 0.3 is 0 Å². The molecule has 1 atom stereocenters. The first kappa shape index (κ1) is 16.0. The number of aromatic nitrogens is 3. The molecule has 0 spiro atoms. The minimum atomic E-state index is 0.206. The maximum absolute atomic E-state index is 6.04. The minimum Gasteiger partial charge on any atom is -0.313 e. The molecule has 5 heteroatoms. The van der Waals surface area contributed by atoms with Gasteiger partial charge in [0.2, 0.25) is 0 Å². The van der Waals surface area contributed by atoms with Crippen molar-refractivity contribution >= 4 is 11.6 Å². The van der Waals surface area contributed by atoms with Crippen molar-refractivity contribution in [3.8, 4) is 0 Å². The normalized spacial score (nSPS) is 12.9. The Morgan fingerprint density at radius 1 is 1.33 bits per heavy atom. The summed E-state index contributed by atoms with van der Waals surface area (Å²) in [6.07, 6.45) is 2.45. The molecule has 114 valence electrons. The summed E-state index contributed by atoms with van der Waals surface area (Å²) < 4.78 is 2.00. The third-order valence-electron chi connectivity index (χ3n) is 3.58. The fraction of sp³-hybridized carbons (Fsp3) is 0.500. The standard InChI is InChI=1S/C16H23ClN4/c1-11(2)9-21-16(19-10-20-21)8-15(18-4)14-6-5-13(17)7-12(14)3/h5-7,10-11,15,18H,8-9H2,1-4H3. The molecule has 0 radical (unpaired) electrons. The zero-order valence-corrected chi connectivity index (χ0v) is 13.9. The Hall–Kier alpha value is -1.39. The second-order valence-electron chi connectivity index (χ2n) is 5.80. The second-order valence-corrected chi connectivity index (χ2v) is 6.23. The predicted molar refractivity (Wildman–Crippen MR) is 86.6 cm³/mol. The van der Waals surface area contributed by atoms with Crippen LogP contribution in [-0.2, 0) is 13.0 Å². The van der Waals surface area contributed by atoms with Crippen molar-refractivity contribution in [2.45, 2.75) is 39.8 Å². The molecule has 1 N–H and O–H groups in total. The van der Waals surface area contributed by atoms with E-state index in [1.54, 1.807) is 6.33 Å². The number of benzene rings is 1. The van der Waals surface area contributed by atoms with Crippen LogP contribution < -0.4 is 5.32 Å². The maximum Gasteiger partial charge on any atom is 0.138 e. The molecule has 4 nitrogen and oxygen atoms in total. The molecule has 1 heterocycles. The van der Waals surface area contributed by atoms with Gasteiger partial charge in [-0.25, -0.2) is 9.67 Å². The van der Waals surface area contributed by atoms with Gasteiger partial charge in [-0.2, -0.15) is 5.10 Å². The number of rotatable bonds is 6. The van der Waals surface area contributed by atoms with E-state index in [0.717, 1.165) is 23.8 Å². The number of aryl methyl sites for hydroxylation is 1. The predicted octanol–water partition coefficient (Wildman–Crippen LogP) is 3.40. The van der Waals surface area contributed by atoms with Crippen LogP contribution in [0.15, 0.2) is 24.5 Å². The van der Waals surface area contributed by atoms with Crippen LogP contribution in [0.25, 0.3) is 0 Å². The fourth-order valence-corrected chi connectivity index (χ4v) is 2.75. The summed E-state index contributed by atoms with van der Waals surface area (Å²) in [5.74, 6) is 1.56. The summed E-state index contributed by atoms with van der Waals surface area (Å²) in [7, 11) is 1.97. The van der Waals surface area contributed by atoms with Gasteiger partial charge in [-0.15, -0.1) is 0 Å². The van der Waals surface area contributed by atoms with E-state index in [0.29, 0.717) is 5.92 Å². The van der Waals surface area contributed by atoms with Gasteiger partial charge in [-0.3, -0.25) is 0 Å². The number of hydrogen-bond donors (Lipinski definition) is 1. The van der Waals surface area contributed by atoms with Gasteiger partial charge in [0.1, 0.15) is 12.2 Å². The van der Waals surface area contributed by atoms with Gasteiger partial charge < -0.3 is 5.32 Å². The minimum absolute atomic E-state index is 0.206. The van der Waals surface area contributed by atoms with Crippen LogP contribution in [0.3, 0.4) is 0 Å². The van der Waals surface area contributed by atoms with Gasteiger partial charge in [0.25, 0.3) is 0 Å². The van der Waals surface area contributed by atoms with E-state index in [2.05, 4.69) is 42.2 Å². The lowest BCUT2D eigenvalue weighted by Gasteiger charge is -2.19. The Morgan fingerprint density at radius 3 is 2.71 bits per heavy atom. The van der Waals surface area contributed by atoms with Crippen molar-refractivity contribution in [3.05, 3.63) is 46.5 Å². The van der Waals surface area contributed by atoms with Crippen LogP contribution in [-0.4, -0.2) is 21.8 Å². The van der Waals surface area contributed by atoms with Crippen LogP contribution in [0.4, 0.5) is 0 Å². The molecule has 0 bridgehead atoms. The van der Waals surface area contributed by atoms with Crippen LogP contribution in [0.5, 0.6) is 0 Å². The lowest BCUT2D eigenvalue weighted by molar-refractivity contribution is 0.451. The SMILES string of the molecule is CNC(Cc1ncnn1CC(C)C)c1ccc(Cl)cc1C. The lowest BCUT2D eigenvalue weighted by atomic mass is 9.98. The molecule has 1 aromatic heterocycles. The number of hydrogen-bond acceptors (Lipinski definition) is 3. The van der Waals surface area contributed by atoms with E-state index in [4.69, 9.17) is 11.6 Å². The van der Waals surface area contributed by atoms with Crippen molar-refractivity contribution < 1.29 is 0 Å². The van der Waals surface area contributed by atoms with Crippen LogP contribution in [0, 0.1) is 12.8 Å². The Kier molecular flexibility index (Phi) is 5.37. The first-order chi connectivity index (χ1) is 10.0. The highest BCUT2D eigenvalue weighted by Gasteiger charge is 2.16. The quantitative estimate of drug-likeness (QED) is 0.889. The first-order valence-corrected chi connectivity index (χ1v) is 7.69. The van der Waals surface area contributed by atoms with E-state index < -0.39 is 0 Å². The number of nitrogens with one attached hydrogen (secondary N) is 1. The van der Waals surface area contributed by atoms with Gasteiger partial charge in [0.15, 0.2) is 0 Å². The fourth-order valence-electron chi connectivity index (χ4n) is 2.52. The van der Waals surface area contributed by atoms with Crippen LogP contribution >= 0.6 is 11.6 Å². The Morgan fingerprint density at radius 2 is 2.10 bits per heavy atom. The first-order valence-electron chi connectivity index (χ1n) is 7.31. The van der Waals surface area contributed by atoms with Crippen LogP contribution in [0.2, 0.25) is 5.02 Å². The van der Waals surface area contributed by atoms with Crippen LogP contribution in [0.1, 0.15) is 36.8 Å². The summed E-state index contributed by atoms with van der Waals surface area (Å²) in [5, 5.41) is 8.48. The highest BCUT2D eigenvalue weighted by atomic mass is 35.5. The summed E-state index contributed by atoms with van der Waals surface area (Å²) in [6.45, 7) is 7.35. The molecule has 21 heavy (non-hydrogen) atoms. The molecular formula is C16H23ClN4. The van der Waals surface area contributed by atoms with Gasteiger partial charge in [0, 0.05) is 24.0 Å². The van der Waals surface area contributed by atoms with Crippen molar-refractivity contribution in [1.82, 2.24) is 20.1 Å². The Bertz CT molecular complexity index is 592. The molecule has 0 saturated heterocycles. The zero-order chi connectivity index (χ0) is 15.4. The highest BCUT2D eigenvalue weighted by Crippen LogP contribution is 2.23. The molecule has 1 aromatic carbocycles. The number of nitrogens with zero attached hydrogens (tertiary/aromatic N) is 3. The third-order valence-corrected chi connectivity index (χ3v) is 3.81. The average molecular weight is 307 g/mol. The molecule has 0 aliphatic heterocycles. The summed E-state index contributed by atoms with van der Waals surface area (Å²) in [5.41, 5.74) is 2.44. The maximum atomic E-state index is 6.04. The zero-order valence-electron chi connectivity index (χ0n) is 13.1. The average Bonchev–Trinajstić information content (AvgIpc) is 2.83. The van der Waals surface area contributed by atoms with E-state index in [9.17, 15) is 0 Å². The monoisotopic (exact) mass is 306 g/mol. The number of likely N-dealkylation sites (N-methyl/N-ethyl adjacent to an activating group) is 1. The van der Waals surface area contributed by atoms with Crippen molar-refractivity contribution in [2.24, 2.45) is 5.92 Å². The Labute approximate surface area is 131 Å². The highest BCUT2D eigenvalue weighted by molar-refractivity contribution is 6.30. The molecule has 0 fully saturated rings. The molecule has 2 aromatic rings. The van der Waals surface area contributed by atoms with Crippen molar-refractivity contribution in [3.63, 3.8) is 0 Å². The van der Waals surface area contributed by atoms with E-state index in [1.165, 1.54) is 11.1 Å². The largest absolute Gasteiger partial charge is 0.313 e. The van der Waals surface area contributed by atoms with Gasteiger partial charge in [0.05, 0.1) is 0 Å². The smallest absolute Gasteiger partial charge is 0.138 e. The second kappa shape index (κ2) is 7.05. The van der Waals surface area contributed by atoms with Gasteiger partial charge in [-0.05, 0) is 43.1 Å². The molecule has 2 rings (SSSR count). The molecule has 0 aliphatic carbocycles. The molecular weight excluding hydrogens is 284 g/mol. The van der Waals surface area contributed by atoms with E-state index in [-0.39, 0.29) is 6.04 Å². The molecule has 0 aliphatic rings. The molecule has 0 saturated carbocycles. The van der Waals surface area contributed by atoms with E-state index in [1.807, 2.05) is 23.9 Å². The number of halogens is 1. The molecule has 0 amide bonds. The van der Waals surface area contributed by atoms with Gasteiger partial charge in [-0.1, -0.05) is 31.5 Å². The van der Waals surface area contributed by atoms with E-state index >= 15 is 0 Å². The van der Waals surface area contributed by atoms with Crippen molar-refractivity contribution in [2.75, 3.05) is 7.05 Å². The Balaban J connectivity index is 2.21.